The molecule has 3 saturated heterocycles. The van der Waals surface area contributed by atoms with Crippen LogP contribution in [0.5, 0.6) is 0 Å². The normalized spacial score (nSPS) is 24.6. The molecule has 9 rings (SSSR count). The molecule has 63 heavy (non-hydrogen) atoms. The van der Waals surface area contributed by atoms with Crippen molar-refractivity contribution in [3.05, 3.63) is 97.6 Å². The highest BCUT2D eigenvalue weighted by Crippen LogP contribution is 2.62. The van der Waals surface area contributed by atoms with Crippen LogP contribution in [0.2, 0.25) is 10.0 Å². The first-order chi connectivity index (χ1) is 30.4. The van der Waals surface area contributed by atoms with Crippen molar-refractivity contribution in [3.63, 3.8) is 0 Å². The van der Waals surface area contributed by atoms with E-state index in [1.807, 2.05) is 24.3 Å². The van der Waals surface area contributed by atoms with Crippen molar-refractivity contribution in [2.75, 3.05) is 25.0 Å². The predicted molar refractivity (Wildman–Crippen MR) is 240 cm³/mol. The number of hydrogen-bond acceptors (Lipinski definition) is 7. The van der Waals surface area contributed by atoms with Crippen LogP contribution in [0.4, 0.5) is 10.1 Å². The Bertz CT molecular complexity index is 2620. The van der Waals surface area contributed by atoms with Crippen LogP contribution in [-0.2, 0) is 31.6 Å². The summed E-state index contributed by atoms with van der Waals surface area (Å²) < 4.78 is 19.3. The smallest absolute Gasteiger partial charge is 0.329 e. The molecule has 1 unspecified atom stereocenters. The third-order valence-corrected chi connectivity index (χ3v) is 14.9. The number of unbranched alkanes of at least 4 members (excludes halogenated alkanes) is 3. The number of amides is 4. The van der Waals surface area contributed by atoms with Gasteiger partial charge in [-0.2, -0.15) is 0 Å². The number of imide groups is 1. The van der Waals surface area contributed by atoms with Gasteiger partial charge in [-0.1, -0.05) is 78.9 Å². The van der Waals surface area contributed by atoms with Crippen LogP contribution in [0.25, 0.3) is 11.0 Å². The number of aromatic nitrogens is 2. The van der Waals surface area contributed by atoms with Gasteiger partial charge in [0.25, 0.3) is 0 Å². The maximum absolute atomic E-state index is 16.3. The average molecular weight is 897 g/mol. The minimum Gasteiger partial charge on any atom is -0.352 e. The number of carbonyl (C=O) groups is 4. The Balaban J connectivity index is 0.804. The summed E-state index contributed by atoms with van der Waals surface area (Å²) in [6, 6.07) is 14.1. The fourth-order valence-electron chi connectivity index (χ4n) is 11.4. The molecule has 330 valence electrons. The average Bonchev–Trinajstić information content (AvgIpc) is 3.82. The van der Waals surface area contributed by atoms with Gasteiger partial charge in [0.2, 0.25) is 23.6 Å². The van der Waals surface area contributed by atoms with E-state index >= 15 is 4.39 Å². The van der Waals surface area contributed by atoms with E-state index in [0.29, 0.717) is 34.6 Å². The van der Waals surface area contributed by atoms with E-state index in [9.17, 15) is 24.0 Å². The Labute approximate surface area is 375 Å². The number of nitrogens with one attached hydrogen (secondary N) is 4. The molecule has 5 heterocycles. The van der Waals surface area contributed by atoms with E-state index < -0.39 is 40.7 Å². The van der Waals surface area contributed by atoms with Crippen molar-refractivity contribution in [2.24, 2.45) is 7.05 Å². The van der Waals surface area contributed by atoms with Crippen LogP contribution in [0.15, 0.2) is 59.4 Å². The van der Waals surface area contributed by atoms with Gasteiger partial charge < -0.3 is 15.5 Å². The molecule has 4 aromatic rings. The van der Waals surface area contributed by atoms with Gasteiger partial charge in [0.05, 0.1) is 22.1 Å². The summed E-state index contributed by atoms with van der Waals surface area (Å²) in [7, 11) is 1.67. The Kier molecular flexibility index (Phi) is 12.0. The van der Waals surface area contributed by atoms with Gasteiger partial charge in [-0.15, -0.1) is 0 Å². The van der Waals surface area contributed by atoms with Crippen LogP contribution < -0.4 is 27.0 Å². The molecule has 1 saturated carbocycles. The minimum absolute atomic E-state index is 0.0490. The van der Waals surface area contributed by atoms with Gasteiger partial charge in [-0.3, -0.25) is 38.9 Å². The lowest BCUT2D eigenvalue weighted by Crippen LogP contribution is -2.60. The summed E-state index contributed by atoms with van der Waals surface area (Å²) in [6.45, 7) is 2.64. The Morgan fingerprint density at radius 3 is 2.49 bits per heavy atom. The van der Waals surface area contributed by atoms with Crippen molar-refractivity contribution in [1.82, 2.24) is 30.0 Å². The van der Waals surface area contributed by atoms with Crippen molar-refractivity contribution in [2.45, 2.75) is 118 Å². The molecule has 12 nitrogen and oxygen atoms in total. The van der Waals surface area contributed by atoms with E-state index in [2.05, 4.69) is 38.0 Å². The molecule has 4 amide bonds. The monoisotopic (exact) mass is 895 g/mol. The number of fused-ring (bicyclic) bond motifs is 4. The molecule has 4 aliphatic heterocycles. The number of rotatable bonds is 9. The molecule has 4 fully saturated rings. The standard InChI is InChI=1S/C48H52Cl2FN7O5/c1-56-38-27-29(14-17-36(38)58(46(56)63)37-18-19-39(59)54-43(37)60)11-6-3-2-4-9-24-57-25-20-31(21-26-57)52-44(61)42-40(32-12-10-13-34(50)41(32)51)48(47(55-42)22-7-5-8-23-47)33-16-15-30(49)28-35(33)53-45(48)62/h10,12-17,27-28,31,37,40,42,55H,2-5,7-9,18-26H2,1H3,(H,52,61)(H,53,62)(H,54,59,60)/t37?,40-,42+,48+/m0/s1. The Morgan fingerprint density at radius 2 is 1.71 bits per heavy atom. The molecule has 5 aliphatic rings. The number of imidazole rings is 1. The van der Waals surface area contributed by atoms with Gasteiger partial charge >= 0.3 is 5.69 Å². The minimum atomic E-state index is -1.26. The molecular formula is C48H52Cl2FN7O5. The van der Waals surface area contributed by atoms with Gasteiger partial charge in [0.1, 0.15) is 17.3 Å². The van der Waals surface area contributed by atoms with Crippen LogP contribution >= 0.6 is 23.2 Å². The highest BCUT2D eigenvalue weighted by molar-refractivity contribution is 6.31. The van der Waals surface area contributed by atoms with Gasteiger partial charge in [-0.25, -0.2) is 9.18 Å². The van der Waals surface area contributed by atoms with Crippen LogP contribution in [0.1, 0.15) is 112 Å². The maximum Gasteiger partial charge on any atom is 0.329 e. The summed E-state index contributed by atoms with van der Waals surface area (Å²) in [5.41, 5.74) is 1.34. The molecule has 1 aromatic heterocycles. The van der Waals surface area contributed by atoms with Gasteiger partial charge in [-0.05, 0) is 99.0 Å². The maximum atomic E-state index is 16.3. The lowest BCUT2D eigenvalue weighted by atomic mass is 9.55. The summed E-state index contributed by atoms with van der Waals surface area (Å²) >= 11 is 12.8. The summed E-state index contributed by atoms with van der Waals surface area (Å²) in [6.07, 6.45) is 9.89. The number of halogens is 3. The van der Waals surface area contributed by atoms with E-state index in [0.717, 1.165) is 88.5 Å². The predicted octanol–water partition coefficient (Wildman–Crippen LogP) is 6.60. The molecule has 1 aliphatic carbocycles. The van der Waals surface area contributed by atoms with Crippen LogP contribution in [-0.4, -0.2) is 74.9 Å². The van der Waals surface area contributed by atoms with Crippen molar-refractivity contribution >= 4 is 63.6 Å². The molecule has 15 heteroatoms. The zero-order valence-electron chi connectivity index (χ0n) is 35.3. The number of hydrogen-bond donors (Lipinski definition) is 4. The molecular weight excluding hydrogens is 844 g/mol. The number of carbonyl (C=O) groups excluding carboxylic acids is 4. The van der Waals surface area contributed by atoms with E-state index in [1.165, 1.54) is 15.2 Å². The summed E-state index contributed by atoms with van der Waals surface area (Å²) in [5, 5.41) is 12.9. The summed E-state index contributed by atoms with van der Waals surface area (Å²) in [4.78, 5) is 69.0. The summed E-state index contributed by atoms with van der Waals surface area (Å²) in [5.74, 6) is 3.77. The second-order valence-electron chi connectivity index (χ2n) is 18.0. The topological polar surface area (TPSA) is 147 Å². The zero-order chi connectivity index (χ0) is 44.0. The molecule has 4 N–H and O–H groups in total. The van der Waals surface area contributed by atoms with Crippen LogP contribution in [0, 0.1) is 17.7 Å². The van der Waals surface area contributed by atoms with E-state index in [1.54, 1.807) is 31.3 Å². The van der Waals surface area contributed by atoms with E-state index in [-0.39, 0.29) is 52.9 Å². The second kappa shape index (κ2) is 17.5. The van der Waals surface area contributed by atoms with Crippen molar-refractivity contribution in [1.29, 1.82) is 0 Å². The zero-order valence-corrected chi connectivity index (χ0v) is 36.8. The number of nitrogens with zero attached hydrogens (tertiary/aromatic N) is 3. The van der Waals surface area contributed by atoms with Gasteiger partial charge in [0, 0.05) is 66.8 Å². The quantitative estimate of drug-likeness (QED) is 0.0842. The largest absolute Gasteiger partial charge is 0.352 e. The molecule has 4 atom stereocenters. The lowest BCUT2D eigenvalue weighted by Gasteiger charge is -2.47. The fourth-order valence-corrected chi connectivity index (χ4v) is 11.7. The number of benzene rings is 3. The van der Waals surface area contributed by atoms with Crippen molar-refractivity contribution in [3.8, 4) is 11.8 Å². The number of likely N-dealkylation sites (tertiary alicyclic amines) is 1. The number of piperidine rings is 2. The van der Waals surface area contributed by atoms with Gasteiger partial charge in [0.15, 0.2) is 0 Å². The molecule has 0 bridgehead atoms. The van der Waals surface area contributed by atoms with E-state index in [4.69, 9.17) is 23.2 Å². The lowest BCUT2D eigenvalue weighted by molar-refractivity contribution is -0.136. The Morgan fingerprint density at radius 1 is 0.921 bits per heavy atom. The SMILES string of the molecule is Cn1c(=O)n(C2CCC(=O)NC2=O)c2ccc(C#CCCCCCN3CCC(NC(=O)[C@@H]4NC5(CCCCC5)[C@@]5(C(=O)Nc6cc(Cl)ccc65)[C@H]4c4cccc(Cl)c4F)CC3)cc21. The highest BCUT2D eigenvalue weighted by atomic mass is 35.5. The van der Waals surface area contributed by atoms with Crippen LogP contribution in [0.3, 0.4) is 0 Å². The fraction of sp³-hybridized carbons (Fsp3) is 0.479. The Hall–Kier alpha value is -5.00. The van der Waals surface area contributed by atoms with Crippen molar-refractivity contribution < 1.29 is 23.6 Å². The first-order valence-electron chi connectivity index (χ1n) is 22.3. The molecule has 2 spiro atoms. The first-order valence-corrected chi connectivity index (χ1v) is 23.1. The highest BCUT2D eigenvalue weighted by Gasteiger charge is 2.72. The number of anilines is 1. The number of aryl methyl sites for hydroxylation is 1. The third-order valence-electron chi connectivity index (χ3n) is 14.4. The molecule has 3 aromatic carbocycles. The second-order valence-corrected chi connectivity index (χ2v) is 18.8. The first kappa shape index (κ1) is 43.3. The molecule has 0 radical (unpaired) electrons. The third kappa shape index (κ3) is 7.66.